The van der Waals surface area contributed by atoms with E-state index in [4.69, 9.17) is 10.2 Å². The third-order valence-corrected chi connectivity index (χ3v) is 3.34. The molecule has 1 aromatic heterocycles. The molecule has 0 bridgehead atoms. The molecule has 0 fully saturated rings. The van der Waals surface area contributed by atoms with E-state index in [1.165, 1.54) is 11.3 Å². The van der Waals surface area contributed by atoms with Crippen molar-refractivity contribution in [3.63, 3.8) is 0 Å². The summed E-state index contributed by atoms with van der Waals surface area (Å²) in [6.45, 7) is 0.197. The van der Waals surface area contributed by atoms with Gasteiger partial charge in [0.05, 0.1) is 6.61 Å². The lowest BCUT2D eigenvalue weighted by Gasteiger charge is -2.10. The van der Waals surface area contributed by atoms with Crippen LogP contribution in [0, 0.1) is 0 Å². The molecule has 6 heteroatoms. The van der Waals surface area contributed by atoms with Gasteiger partial charge in [-0.25, -0.2) is 0 Å². The first kappa shape index (κ1) is 11.6. The van der Waals surface area contributed by atoms with Gasteiger partial charge in [0.1, 0.15) is 6.04 Å². The number of rotatable bonds is 5. The average Bonchev–Trinajstić information content (AvgIpc) is 2.52. The van der Waals surface area contributed by atoms with E-state index in [0.717, 1.165) is 9.35 Å². The summed E-state index contributed by atoms with van der Waals surface area (Å²) in [5, 5.41) is 22.1. The molecule has 0 unspecified atom stereocenters. The minimum absolute atomic E-state index is 0.0731. The molecule has 0 saturated heterocycles. The van der Waals surface area contributed by atoms with Crippen LogP contribution < -0.4 is 5.32 Å². The number of aliphatic carboxylic acids is 1. The van der Waals surface area contributed by atoms with Crippen LogP contribution in [0.3, 0.4) is 0 Å². The van der Waals surface area contributed by atoms with Crippen LogP contribution in [0.5, 0.6) is 0 Å². The van der Waals surface area contributed by atoms with Gasteiger partial charge < -0.3 is 10.2 Å². The lowest BCUT2D eigenvalue weighted by atomic mass is 10.2. The molecule has 0 aliphatic rings. The van der Waals surface area contributed by atoms with Crippen LogP contribution in [0.4, 0.5) is 0 Å². The van der Waals surface area contributed by atoms with E-state index >= 15 is 0 Å². The topological polar surface area (TPSA) is 69.6 Å². The summed E-state index contributed by atoms with van der Waals surface area (Å²) in [6, 6.07) is 1.02. The highest BCUT2D eigenvalue weighted by Crippen LogP contribution is 2.25. The van der Waals surface area contributed by atoms with Gasteiger partial charge >= 0.3 is 5.97 Å². The molecule has 78 valence electrons. The Bertz CT molecular complexity index is 315. The van der Waals surface area contributed by atoms with Gasteiger partial charge in [0, 0.05) is 21.3 Å². The fraction of sp³-hybridized carbons (Fsp3) is 0.375. The van der Waals surface area contributed by atoms with Gasteiger partial charge in [-0.15, -0.1) is 11.3 Å². The molecule has 0 saturated carbocycles. The van der Waals surface area contributed by atoms with Gasteiger partial charge in [-0.05, 0) is 22.0 Å². The van der Waals surface area contributed by atoms with E-state index in [2.05, 4.69) is 21.2 Å². The van der Waals surface area contributed by atoms with Crippen molar-refractivity contribution < 1.29 is 15.0 Å². The molecular formula is C8H10BrNO3S. The first-order valence-corrected chi connectivity index (χ1v) is 5.63. The highest BCUT2D eigenvalue weighted by Gasteiger charge is 2.20. The molecule has 1 heterocycles. The van der Waals surface area contributed by atoms with E-state index in [1.807, 2.05) is 5.38 Å². The zero-order valence-corrected chi connectivity index (χ0v) is 9.64. The third-order valence-electron chi connectivity index (χ3n) is 1.58. The summed E-state index contributed by atoms with van der Waals surface area (Å²) in [7, 11) is 0. The minimum Gasteiger partial charge on any atom is -0.480 e. The van der Waals surface area contributed by atoms with Crippen LogP contribution in [0.15, 0.2) is 15.9 Å². The van der Waals surface area contributed by atoms with Crippen LogP contribution in [-0.4, -0.2) is 29.3 Å². The van der Waals surface area contributed by atoms with Crippen molar-refractivity contribution in [2.45, 2.75) is 6.04 Å². The van der Waals surface area contributed by atoms with Crippen LogP contribution in [-0.2, 0) is 4.79 Å². The van der Waals surface area contributed by atoms with E-state index in [1.54, 1.807) is 6.07 Å². The Morgan fingerprint density at radius 1 is 1.71 bits per heavy atom. The van der Waals surface area contributed by atoms with Crippen LogP contribution in [0.25, 0.3) is 0 Å². The SMILES string of the molecule is O=C(O)[C@@H](NCCO)c1cc(Br)cs1. The summed E-state index contributed by atoms with van der Waals surface area (Å²) >= 11 is 4.62. The van der Waals surface area contributed by atoms with Crippen molar-refractivity contribution in [1.82, 2.24) is 5.32 Å². The maximum Gasteiger partial charge on any atom is 0.326 e. The first-order valence-electron chi connectivity index (χ1n) is 3.96. The first-order chi connectivity index (χ1) is 6.65. The number of aliphatic hydroxyl groups is 1. The van der Waals surface area contributed by atoms with Crippen molar-refractivity contribution in [2.75, 3.05) is 13.2 Å². The van der Waals surface area contributed by atoms with Gasteiger partial charge in [0.15, 0.2) is 0 Å². The van der Waals surface area contributed by atoms with Crippen molar-refractivity contribution in [2.24, 2.45) is 0 Å². The van der Waals surface area contributed by atoms with Crippen LogP contribution >= 0.6 is 27.3 Å². The van der Waals surface area contributed by atoms with E-state index in [-0.39, 0.29) is 13.2 Å². The molecule has 1 rings (SSSR count). The highest BCUT2D eigenvalue weighted by atomic mass is 79.9. The van der Waals surface area contributed by atoms with Crippen molar-refractivity contribution in [1.29, 1.82) is 0 Å². The summed E-state index contributed by atoms with van der Waals surface area (Å²) in [4.78, 5) is 11.6. The number of carbonyl (C=O) groups is 1. The van der Waals surface area contributed by atoms with E-state index in [9.17, 15) is 4.79 Å². The molecular weight excluding hydrogens is 270 g/mol. The second-order valence-corrected chi connectivity index (χ2v) is 4.47. The Morgan fingerprint density at radius 3 is 2.86 bits per heavy atom. The largest absolute Gasteiger partial charge is 0.480 e. The molecule has 1 aromatic rings. The number of halogens is 1. The minimum atomic E-state index is -0.937. The predicted octanol–water partition coefficient (Wildman–Crippen LogP) is 1.22. The van der Waals surface area contributed by atoms with Gasteiger partial charge in [-0.1, -0.05) is 0 Å². The molecule has 0 aromatic carbocycles. The Morgan fingerprint density at radius 2 is 2.43 bits per heavy atom. The molecule has 1 atom stereocenters. The van der Waals surface area contributed by atoms with Gasteiger partial charge in [0.25, 0.3) is 0 Å². The maximum absolute atomic E-state index is 10.9. The Hall–Kier alpha value is -0.430. The van der Waals surface area contributed by atoms with Gasteiger partial charge in [-0.3, -0.25) is 10.1 Å². The molecule has 3 N–H and O–H groups in total. The molecule has 0 spiro atoms. The maximum atomic E-state index is 10.9. The van der Waals surface area contributed by atoms with Crippen molar-refractivity contribution >= 4 is 33.2 Å². The zero-order chi connectivity index (χ0) is 10.6. The van der Waals surface area contributed by atoms with E-state index in [0.29, 0.717) is 0 Å². The second kappa shape index (κ2) is 5.45. The summed E-state index contributed by atoms with van der Waals surface area (Å²) in [5.41, 5.74) is 0. The lowest BCUT2D eigenvalue weighted by Crippen LogP contribution is -2.29. The van der Waals surface area contributed by atoms with Crippen LogP contribution in [0.2, 0.25) is 0 Å². The normalized spacial score (nSPS) is 12.7. The molecule has 0 aliphatic carbocycles. The molecule has 4 nitrogen and oxygen atoms in total. The predicted molar refractivity (Wildman–Crippen MR) is 57.5 cm³/mol. The Kier molecular flexibility index (Phi) is 4.53. The number of carboxylic acid groups (broad SMARTS) is 1. The average molecular weight is 280 g/mol. The number of carboxylic acids is 1. The van der Waals surface area contributed by atoms with Crippen molar-refractivity contribution in [3.8, 4) is 0 Å². The molecule has 14 heavy (non-hydrogen) atoms. The standard InChI is InChI=1S/C8H10BrNO3S/c9-5-3-6(14-4-5)7(8(12)13)10-1-2-11/h3-4,7,10-11H,1-2H2,(H,12,13)/t7-/m0/s1. The van der Waals surface area contributed by atoms with Gasteiger partial charge in [0.2, 0.25) is 0 Å². The van der Waals surface area contributed by atoms with E-state index < -0.39 is 12.0 Å². The Balaban J connectivity index is 2.72. The zero-order valence-electron chi connectivity index (χ0n) is 7.24. The third kappa shape index (κ3) is 3.06. The monoisotopic (exact) mass is 279 g/mol. The fourth-order valence-corrected chi connectivity index (χ4v) is 2.51. The number of hydrogen-bond acceptors (Lipinski definition) is 4. The summed E-state index contributed by atoms with van der Waals surface area (Å²) < 4.78 is 0.870. The molecule has 0 aliphatic heterocycles. The Labute approximate surface area is 93.7 Å². The second-order valence-electron chi connectivity index (χ2n) is 2.62. The highest BCUT2D eigenvalue weighted by molar-refractivity contribution is 9.10. The fourth-order valence-electron chi connectivity index (χ4n) is 0.998. The summed E-state index contributed by atoms with van der Waals surface area (Å²) in [5.74, 6) is -0.937. The quantitative estimate of drug-likeness (QED) is 0.758. The summed E-state index contributed by atoms with van der Waals surface area (Å²) in [6.07, 6.45) is 0. The number of hydrogen-bond donors (Lipinski definition) is 3. The number of thiophene rings is 1. The number of aliphatic hydroxyl groups excluding tert-OH is 1. The van der Waals surface area contributed by atoms with Gasteiger partial charge in [-0.2, -0.15) is 0 Å². The molecule has 0 amide bonds. The lowest BCUT2D eigenvalue weighted by molar-refractivity contribution is -0.139. The smallest absolute Gasteiger partial charge is 0.326 e. The molecule has 0 radical (unpaired) electrons. The van der Waals surface area contributed by atoms with Crippen LogP contribution in [0.1, 0.15) is 10.9 Å². The number of nitrogens with one attached hydrogen (secondary N) is 1. The van der Waals surface area contributed by atoms with Crippen molar-refractivity contribution in [3.05, 3.63) is 20.8 Å².